The molecule has 1 saturated heterocycles. The van der Waals surface area contributed by atoms with Crippen molar-refractivity contribution < 1.29 is 9.21 Å². The smallest absolute Gasteiger partial charge is 0.311 e. The number of imidazole rings is 1. The first-order valence-electron chi connectivity index (χ1n) is 9.38. The van der Waals surface area contributed by atoms with E-state index in [0.717, 1.165) is 48.5 Å². The third kappa shape index (κ3) is 3.43. The lowest BCUT2D eigenvalue weighted by Crippen LogP contribution is -2.43. The van der Waals surface area contributed by atoms with Gasteiger partial charge in [0.05, 0.1) is 41.1 Å². The quantitative estimate of drug-likeness (QED) is 0.491. The molecular weight excluding hydrogens is 370 g/mol. The molecule has 4 aromatic rings. The van der Waals surface area contributed by atoms with Gasteiger partial charge in [-0.25, -0.2) is 9.97 Å². The van der Waals surface area contributed by atoms with E-state index in [9.17, 15) is 4.79 Å². The number of carbonyl (C=O) groups excluding carboxylic acids is 1. The molecule has 1 aliphatic heterocycles. The van der Waals surface area contributed by atoms with Crippen LogP contribution >= 0.6 is 0 Å². The molecule has 0 spiro atoms. The van der Waals surface area contributed by atoms with Crippen LogP contribution in [0.15, 0.2) is 53.6 Å². The maximum Gasteiger partial charge on any atom is 0.311 e. The van der Waals surface area contributed by atoms with Crippen molar-refractivity contribution >= 4 is 28.3 Å². The van der Waals surface area contributed by atoms with Gasteiger partial charge in [0.25, 0.3) is 5.89 Å². The van der Waals surface area contributed by atoms with Crippen LogP contribution in [0.25, 0.3) is 22.4 Å². The first-order valence-corrected chi connectivity index (χ1v) is 9.38. The second-order valence-electron chi connectivity index (χ2n) is 6.75. The average Bonchev–Trinajstić information content (AvgIpc) is 3.44. The molecule has 0 unspecified atom stereocenters. The molecule has 1 fully saturated rings. The molecule has 0 radical (unpaired) electrons. The lowest BCUT2D eigenvalue weighted by Gasteiger charge is -2.30. The number of pyridine rings is 1. The highest BCUT2D eigenvalue weighted by Gasteiger charge is 2.19. The van der Waals surface area contributed by atoms with Gasteiger partial charge in [0, 0.05) is 37.9 Å². The first kappa shape index (κ1) is 17.4. The molecule has 146 valence electrons. The lowest BCUT2D eigenvalue weighted by atomic mass is 10.1. The number of nitrogens with one attached hydrogen (secondary N) is 3. The summed E-state index contributed by atoms with van der Waals surface area (Å²) in [4.78, 5) is 30.5. The number of aromatic amines is 1. The van der Waals surface area contributed by atoms with Crippen molar-refractivity contribution in [3.05, 3.63) is 55.1 Å². The number of nitrogens with zero attached hydrogens (tertiary/aromatic N) is 4. The molecule has 9 nitrogen and oxygen atoms in total. The van der Waals surface area contributed by atoms with Gasteiger partial charge in [-0.1, -0.05) is 0 Å². The highest BCUT2D eigenvalue weighted by atomic mass is 16.4. The summed E-state index contributed by atoms with van der Waals surface area (Å²) in [6.07, 6.45) is 6.55. The fourth-order valence-corrected chi connectivity index (χ4v) is 3.44. The standard InChI is InChI=1S/C20H19N7O2/c28-19(26-16-10-22-4-3-17(16)27-7-5-21-6-8-27)20-23-11-18(29-20)13-1-2-14-15(9-13)25-12-24-14/h1-4,9-12,21H,5-8H2,(H,24,25)(H,26,28). The van der Waals surface area contributed by atoms with E-state index in [-0.39, 0.29) is 5.89 Å². The van der Waals surface area contributed by atoms with Crippen molar-refractivity contribution in [2.24, 2.45) is 0 Å². The largest absolute Gasteiger partial charge is 0.432 e. The minimum Gasteiger partial charge on any atom is -0.432 e. The molecule has 3 aromatic heterocycles. The monoisotopic (exact) mass is 389 g/mol. The predicted molar refractivity (Wildman–Crippen MR) is 109 cm³/mol. The molecule has 3 N–H and O–H groups in total. The number of rotatable bonds is 4. The Morgan fingerprint density at radius 2 is 2.03 bits per heavy atom. The zero-order chi connectivity index (χ0) is 19.6. The summed E-state index contributed by atoms with van der Waals surface area (Å²) in [6.45, 7) is 3.54. The summed E-state index contributed by atoms with van der Waals surface area (Å²) >= 11 is 0. The van der Waals surface area contributed by atoms with Crippen molar-refractivity contribution in [3.63, 3.8) is 0 Å². The molecule has 4 heterocycles. The van der Waals surface area contributed by atoms with Crippen molar-refractivity contribution in [3.8, 4) is 11.3 Å². The number of hydrogen-bond donors (Lipinski definition) is 3. The highest BCUT2D eigenvalue weighted by molar-refractivity contribution is 6.03. The molecule has 0 bridgehead atoms. The second-order valence-corrected chi connectivity index (χ2v) is 6.75. The van der Waals surface area contributed by atoms with Gasteiger partial charge in [0.2, 0.25) is 0 Å². The van der Waals surface area contributed by atoms with E-state index in [4.69, 9.17) is 4.42 Å². The molecule has 1 aliphatic rings. The Hall–Kier alpha value is -3.72. The van der Waals surface area contributed by atoms with Crippen LogP contribution in [0.4, 0.5) is 11.4 Å². The molecule has 5 rings (SSSR count). The number of oxazole rings is 1. The predicted octanol–water partition coefficient (Wildman–Crippen LogP) is 2.27. The number of benzene rings is 1. The number of carbonyl (C=O) groups is 1. The summed E-state index contributed by atoms with van der Waals surface area (Å²) in [6, 6.07) is 7.60. The van der Waals surface area contributed by atoms with E-state index >= 15 is 0 Å². The SMILES string of the molecule is O=C(Nc1cnccc1N1CCNCC1)c1ncc(-c2ccc3[nH]cnc3c2)o1. The van der Waals surface area contributed by atoms with Gasteiger partial charge in [0.1, 0.15) is 0 Å². The number of H-pyrrole nitrogens is 1. The number of amides is 1. The zero-order valence-corrected chi connectivity index (χ0v) is 15.6. The van der Waals surface area contributed by atoms with E-state index in [0.29, 0.717) is 11.4 Å². The zero-order valence-electron chi connectivity index (χ0n) is 15.6. The van der Waals surface area contributed by atoms with E-state index < -0.39 is 5.91 Å². The van der Waals surface area contributed by atoms with E-state index in [1.807, 2.05) is 24.3 Å². The van der Waals surface area contributed by atoms with Crippen molar-refractivity contribution in [1.82, 2.24) is 25.3 Å². The minimum atomic E-state index is -0.415. The van der Waals surface area contributed by atoms with Gasteiger partial charge < -0.3 is 24.9 Å². The summed E-state index contributed by atoms with van der Waals surface area (Å²) in [5.41, 5.74) is 4.13. The van der Waals surface area contributed by atoms with Crippen LogP contribution < -0.4 is 15.5 Å². The Morgan fingerprint density at radius 1 is 1.14 bits per heavy atom. The topological polar surface area (TPSA) is 112 Å². The molecule has 0 aliphatic carbocycles. The number of hydrogen-bond acceptors (Lipinski definition) is 7. The highest BCUT2D eigenvalue weighted by Crippen LogP contribution is 2.27. The van der Waals surface area contributed by atoms with Gasteiger partial charge in [-0.05, 0) is 24.3 Å². The molecule has 1 amide bonds. The average molecular weight is 389 g/mol. The third-order valence-corrected chi connectivity index (χ3v) is 4.91. The Kier molecular flexibility index (Phi) is 4.41. The van der Waals surface area contributed by atoms with Crippen LogP contribution in [-0.2, 0) is 0 Å². The van der Waals surface area contributed by atoms with Crippen LogP contribution in [0.5, 0.6) is 0 Å². The summed E-state index contributed by atoms with van der Waals surface area (Å²) in [7, 11) is 0. The lowest BCUT2D eigenvalue weighted by molar-refractivity contribution is 0.0991. The number of piperazine rings is 1. The van der Waals surface area contributed by atoms with Gasteiger partial charge in [-0.3, -0.25) is 9.78 Å². The van der Waals surface area contributed by atoms with Crippen LogP contribution in [0, 0.1) is 0 Å². The van der Waals surface area contributed by atoms with Crippen molar-refractivity contribution in [2.45, 2.75) is 0 Å². The van der Waals surface area contributed by atoms with Crippen LogP contribution in [-0.4, -0.2) is 52.0 Å². The van der Waals surface area contributed by atoms with Gasteiger partial charge >= 0.3 is 5.91 Å². The number of fused-ring (bicyclic) bond motifs is 1. The number of anilines is 2. The van der Waals surface area contributed by atoms with Gasteiger partial charge in [-0.2, -0.15) is 0 Å². The Balaban J connectivity index is 1.37. The van der Waals surface area contributed by atoms with Crippen LogP contribution in [0.2, 0.25) is 0 Å². The maximum atomic E-state index is 12.7. The molecule has 9 heteroatoms. The van der Waals surface area contributed by atoms with Gasteiger partial charge in [0.15, 0.2) is 5.76 Å². The van der Waals surface area contributed by atoms with E-state index in [2.05, 4.69) is 35.5 Å². The molecule has 0 atom stereocenters. The fourth-order valence-electron chi connectivity index (χ4n) is 3.44. The first-order chi connectivity index (χ1) is 14.3. The van der Waals surface area contributed by atoms with Crippen molar-refractivity contribution in [1.29, 1.82) is 0 Å². The Bertz CT molecular complexity index is 1160. The molecule has 0 saturated carbocycles. The number of aromatic nitrogens is 4. The molecule has 1 aromatic carbocycles. The minimum absolute atomic E-state index is 0.00256. The Morgan fingerprint density at radius 3 is 2.93 bits per heavy atom. The van der Waals surface area contributed by atoms with Crippen LogP contribution in [0.1, 0.15) is 10.7 Å². The van der Waals surface area contributed by atoms with E-state index in [1.165, 1.54) is 0 Å². The third-order valence-electron chi connectivity index (χ3n) is 4.91. The van der Waals surface area contributed by atoms with Gasteiger partial charge in [-0.15, -0.1) is 0 Å². The maximum absolute atomic E-state index is 12.7. The Labute approximate surface area is 166 Å². The second kappa shape index (κ2) is 7.36. The molecule has 29 heavy (non-hydrogen) atoms. The van der Waals surface area contributed by atoms with Crippen molar-refractivity contribution in [2.75, 3.05) is 36.4 Å². The van der Waals surface area contributed by atoms with E-state index in [1.54, 1.807) is 24.9 Å². The summed E-state index contributed by atoms with van der Waals surface area (Å²) in [5.74, 6) is 0.0901. The van der Waals surface area contributed by atoms with Crippen LogP contribution in [0.3, 0.4) is 0 Å². The normalized spacial score (nSPS) is 14.3. The summed E-state index contributed by atoms with van der Waals surface area (Å²) < 4.78 is 5.71. The fraction of sp³-hybridized carbons (Fsp3) is 0.200. The molecular formula is C20H19N7O2. The summed E-state index contributed by atoms with van der Waals surface area (Å²) in [5, 5.41) is 6.20.